The van der Waals surface area contributed by atoms with Crippen LogP contribution in [0.15, 0.2) is 30.3 Å². The smallest absolute Gasteiger partial charge is 0.0295 e. The van der Waals surface area contributed by atoms with Crippen LogP contribution in [0.5, 0.6) is 0 Å². The highest BCUT2D eigenvalue weighted by Gasteiger charge is 2.06. The summed E-state index contributed by atoms with van der Waals surface area (Å²) in [4.78, 5) is 2.53. The van der Waals surface area contributed by atoms with Gasteiger partial charge in [-0.2, -0.15) is 0 Å². The highest BCUT2D eigenvalue weighted by atomic mass is 15.1. The van der Waals surface area contributed by atoms with Crippen molar-refractivity contribution in [2.24, 2.45) is 5.73 Å². The lowest BCUT2D eigenvalue weighted by Gasteiger charge is -2.21. The fraction of sp³-hybridized carbons (Fsp3) is 0.625. The Bertz CT molecular complexity index is 297. The monoisotopic (exact) mass is 248 g/mol. The van der Waals surface area contributed by atoms with E-state index in [9.17, 15) is 0 Å². The van der Waals surface area contributed by atoms with Crippen LogP contribution < -0.4 is 5.73 Å². The van der Waals surface area contributed by atoms with Crippen LogP contribution >= 0.6 is 0 Å². The zero-order chi connectivity index (χ0) is 13.2. The molecule has 2 N–H and O–H groups in total. The molecule has 0 fully saturated rings. The van der Waals surface area contributed by atoms with E-state index in [0.717, 1.165) is 13.0 Å². The van der Waals surface area contributed by atoms with Gasteiger partial charge in [0.2, 0.25) is 0 Å². The molecular formula is C16H28N2. The van der Waals surface area contributed by atoms with Crippen molar-refractivity contribution >= 4 is 0 Å². The zero-order valence-corrected chi connectivity index (χ0v) is 11.9. The largest absolute Gasteiger partial charge is 0.324 e. The number of nitrogens with zero attached hydrogens (tertiary/aromatic N) is 1. The first-order valence-corrected chi connectivity index (χ1v) is 7.30. The third-order valence-electron chi connectivity index (χ3n) is 3.49. The molecule has 0 saturated heterocycles. The zero-order valence-electron chi connectivity index (χ0n) is 11.9. The van der Waals surface area contributed by atoms with Crippen LogP contribution in [0.1, 0.15) is 51.1 Å². The summed E-state index contributed by atoms with van der Waals surface area (Å²) in [6.45, 7) is 8.05. The Labute approximate surface area is 112 Å². The number of hydrogen-bond donors (Lipinski definition) is 1. The molecule has 0 aromatic heterocycles. The summed E-state index contributed by atoms with van der Waals surface area (Å²) < 4.78 is 0. The van der Waals surface area contributed by atoms with Crippen molar-refractivity contribution in [2.75, 3.05) is 19.6 Å². The maximum atomic E-state index is 6.20. The molecule has 1 atom stereocenters. The number of nitrogens with two attached hydrogens (primary N) is 1. The summed E-state index contributed by atoms with van der Waals surface area (Å²) in [5, 5.41) is 0. The maximum Gasteiger partial charge on any atom is 0.0295 e. The molecule has 0 amide bonds. The highest BCUT2D eigenvalue weighted by molar-refractivity contribution is 5.18. The molecule has 2 nitrogen and oxygen atoms in total. The predicted molar refractivity (Wildman–Crippen MR) is 79.6 cm³/mol. The highest BCUT2D eigenvalue weighted by Crippen LogP contribution is 2.15. The maximum absolute atomic E-state index is 6.20. The van der Waals surface area contributed by atoms with Crippen molar-refractivity contribution in [3.05, 3.63) is 35.9 Å². The van der Waals surface area contributed by atoms with Gasteiger partial charge in [0.05, 0.1) is 0 Å². The minimum Gasteiger partial charge on any atom is -0.324 e. The quantitative estimate of drug-likeness (QED) is 0.723. The molecule has 0 aliphatic carbocycles. The van der Waals surface area contributed by atoms with Gasteiger partial charge in [0.25, 0.3) is 0 Å². The van der Waals surface area contributed by atoms with Gasteiger partial charge in [0.15, 0.2) is 0 Å². The van der Waals surface area contributed by atoms with Crippen LogP contribution in [0.25, 0.3) is 0 Å². The SMILES string of the molecule is CCCCN(CC)CCCC(N)c1ccccc1. The predicted octanol–water partition coefficient (Wildman–Crippen LogP) is 3.59. The average Bonchev–Trinajstić information content (AvgIpc) is 2.43. The van der Waals surface area contributed by atoms with Crippen LogP contribution in [0, 0.1) is 0 Å². The average molecular weight is 248 g/mol. The van der Waals surface area contributed by atoms with E-state index in [4.69, 9.17) is 5.73 Å². The minimum atomic E-state index is 0.191. The van der Waals surface area contributed by atoms with Gasteiger partial charge in [-0.3, -0.25) is 0 Å². The van der Waals surface area contributed by atoms with Crippen LogP contribution in [-0.4, -0.2) is 24.5 Å². The third-order valence-corrected chi connectivity index (χ3v) is 3.49. The van der Waals surface area contributed by atoms with Crippen molar-refractivity contribution in [3.8, 4) is 0 Å². The lowest BCUT2D eigenvalue weighted by Crippen LogP contribution is -2.26. The molecule has 0 radical (unpaired) electrons. The first-order valence-electron chi connectivity index (χ1n) is 7.30. The molecule has 18 heavy (non-hydrogen) atoms. The van der Waals surface area contributed by atoms with Gasteiger partial charge in [0.1, 0.15) is 0 Å². The standard InChI is InChI=1S/C16H28N2/c1-3-5-13-18(4-2)14-9-12-16(17)15-10-7-6-8-11-15/h6-8,10-11,16H,3-5,9,12-14,17H2,1-2H3. The molecule has 102 valence electrons. The number of hydrogen-bond acceptors (Lipinski definition) is 2. The lowest BCUT2D eigenvalue weighted by molar-refractivity contribution is 0.274. The first kappa shape index (κ1) is 15.2. The molecule has 1 unspecified atom stereocenters. The molecule has 0 aliphatic heterocycles. The van der Waals surface area contributed by atoms with Crippen molar-refractivity contribution in [2.45, 2.75) is 45.6 Å². The summed E-state index contributed by atoms with van der Waals surface area (Å²) in [6, 6.07) is 10.6. The lowest BCUT2D eigenvalue weighted by atomic mass is 10.0. The molecule has 0 bridgehead atoms. The van der Waals surface area contributed by atoms with Crippen LogP contribution in [-0.2, 0) is 0 Å². The van der Waals surface area contributed by atoms with E-state index < -0.39 is 0 Å². The summed E-state index contributed by atoms with van der Waals surface area (Å²) in [5.74, 6) is 0. The Morgan fingerprint density at radius 3 is 2.33 bits per heavy atom. The van der Waals surface area contributed by atoms with E-state index in [-0.39, 0.29) is 6.04 Å². The molecule has 2 heteroatoms. The van der Waals surface area contributed by atoms with Crippen LogP contribution in [0.4, 0.5) is 0 Å². The second-order valence-electron chi connectivity index (χ2n) is 4.95. The van der Waals surface area contributed by atoms with Gasteiger partial charge in [-0.15, -0.1) is 0 Å². The summed E-state index contributed by atoms with van der Waals surface area (Å²) in [6.07, 6.45) is 4.85. The molecule has 1 aromatic rings. The molecule has 0 spiro atoms. The minimum absolute atomic E-state index is 0.191. The van der Waals surface area contributed by atoms with Crippen molar-refractivity contribution in [1.29, 1.82) is 0 Å². The number of unbranched alkanes of at least 4 members (excludes halogenated alkanes) is 1. The van der Waals surface area contributed by atoms with Gasteiger partial charge < -0.3 is 10.6 Å². The second-order valence-corrected chi connectivity index (χ2v) is 4.95. The molecule has 1 rings (SSSR count). The Hall–Kier alpha value is -0.860. The topological polar surface area (TPSA) is 29.3 Å². The van der Waals surface area contributed by atoms with Gasteiger partial charge >= 0.3 is 0 Å². The van der Waals surface area contributed by atoms with Gasteiger partial charge in [-0.1, -0.05) is 50.6 Å². The molecule has 0 aliphatic rings. The number of benzene rings is 1. The van der Waals surface area contributed by atoms with Gasteiger partial charge in [-0.05, 0) is 44.5 Å². The van der Waals surface area contributed by atoms with Crippen molar-refractivity contribution in [3.63, 3.8) is 0 Å². The van der Waals surface area contributed by atoms with E-state index in [1.807, 2.05) is 6.07 Å². The third kappa shape index (κ3) is 5.65. The first-order chi connectivity index (χ1) is 8.77. The van der Waals surface area contributed by atoms with E-state index >= 15 is 0 Å². The van der Waals surface area contributed by atoms with E-state index in [2.05, 4.69) is 43.0 Å². The molecular weight excluding hydrogens is 220 g/mol. The fourth-order valence-electron chi connectivity index (χ4n) is 2.21. The summed E-state index contributed by atoms with van der Waals surface area (Å²) in [7, 11) is 0. The van der Waals surface area contributed by atoms with Gasteiger partial charge in [-0.25, -0.2) is 0 Å². The summed E-state index contributed by atoms with van der Waals surface area (Å²) >= 11 is 0. The Morgan fingerprint density at radius 2 is 1.72 bits per heavy atom. The summed E-state index contributed by atoms with van der Waals surface area (Å²) in [5.41, 5.74) is 7.46. The van der Waals surface area contributed by atoms with Crippen molar-refractivity contribution < 1.29 is 0 Å². The number of rotatable bonds is 9. The van der Waals surface area contributed by atoms with E-state index in [1.54, 1.807) is 0 Å². The molecule has 0 saturated carbocycles. The molecule has 1 aromatic carbocycles. The fourth-order valence-corrected chi connectivity index (χ4v) is 2.21. The normalized spacial score (nSPS) is 12.9. The Morgan fingerprint density at radius 1 is 1.06 bits per heavy atom. The Kier molecular flexibility index (Phi) is 7.70. The molecule has 0 heterocycles. The van der Waals surface area contributed by atoms with E-state index in [1.165, 1.54) is 37.9 Å². The van der Waals surface area contributed by atoms with E-state index in [0.29, 0.717) is 0 Å². The van der Waals surface area contributed by atoms with Crippen molar-refractivity contribution in [1.82, 2.24) is 4.90 Å². The van der Waals surface area contributed by atoms with Gasteiger partial charge in [0, 0.05) is 6.04 Å². The van der Waals surface area contributed by atoms with Crippen LogP contribution in [0.2, 0.25) is 0 Å². The Balaban J connectivity index is 2.24. The second kappa shape index (κ2) is 9.12. The van der Waals surface area contributed by atoms with Crippen LogP contribution in [0.3, 0.4) is 0 Å².